The number of benzene rings is 1. The summed E-state index contributed by atoms with van der Waals surface area (Å²) in [6.07, 6.45) is 0.623. The number of carbonyl (C=O) groups is 3. The number of carbonyl (C=O) groups excluding carboxylic acids is 3. The highest BCUT2D eigenvalue weighted by Gasteiger charge is 2.30. The lowest BCUT2D eigenvalue weighted by molar-refractivity contribution is -0.133. The zero-order valence-electron chi connectivity index (χ0n) is 13.5. The van der Waals surface area contributed by atoms with Crippen molar-refractivity contribution in [3.05, 3.63) is 35.9 Å². The molecule has 2 heterocycles. The van der Waals surface area contributed by atoms with Gasteiger partial charge < -0.3 is 10.2 Å². The molecule has 2 fully saturated rings. The average Bonchev–Trinajstić information content (AvgIpc) is 2.92. The van der Waals surface area contributed by atoms with E-state index in [1.807, 2.05) is 23.1 Å². The van der Waals surface area contributed by atoms with E-state index >= 15 is 0 Å². The number of hydrogen-bond acceptors (Lipinski definition) is 4. The van der Waals surface area contributed by atoms with Gasteiger partial charge in [0.1, 0.15) is 6.04 Å². The molecule has 2 saturated heterocycles. The van der Waals surface area contributed by atoms with E-state index < -0.39 is 12.1 Å². The van der Waals surface area contributed by atoms with Crippen molar-refractivity contribution in [2.45, 2.75) is 25.4 Å². The lowest BCUT2D eigenvalue weighted by Gasteiger charge is -2.35. The van der Waals surface area contributed by atoms with Crippen LogP contribution < -0.4 is 10.6 Å². The number of urea groups is 1. The first-order chi connectivity index (χ1) is 11.6. The second-order valence-corrected chi connectivity index (χ2v) is 6.20. The number of imide groups is 1. The predicted molar refractivity (Wildman–Crippen MR) is 88.0 cm³/mol. The van der Waals surface area contributed by atoms with Gasteiger partial charge in [0.25, 0.3) is 5.91 Å². The van der Waals surface area contributed by atoms with Crippen molar-refractivity contribution in [3.8, 4) is 0 Å². The third kappa shape index (κ3) is 4.11. The quantitative estimate of drug-likeness (QED) is 0.762. The largest absolute Gasteiger partial charge is 0.340 e. The lowest BCUT2D eigenvalue weighted by Crippen LogP contribution is -2.48. The number of hydrogen-bond donors (Lipinski definition) is 2. The topological polar surface area (TPSA) is 81.8 Å². The fraction of sp³-hybridized carbons (Fsp3) is 0.471. The Bertz CT molecular complexity index is 612. The van der Waals surface area contributed by atoms with Gasteiger partial charge >= 0.3 is 6.03 Å². The number of nitrogens with one attached hydrogen (secondary N) is 2. The first-order valence-electron chi connectivity index (χ1n) is 8.27. The van der Waals surface area contributed by atoms with Crippen molar-refractivity contribution in [3.63, 3.8) is 0 Å². The molecule has 4 amide bonds. The van der Waals surface area contributed by atoms with E-state index in [0.29, 0.717) is 19.5 Å². The summed E-state index contributed by atoms with van der Waals surface area (Å²) in [5.41, 5.74) is 1.28. The number of rotatable bonds is 5. The Hall–Kier alpha value is -2.41. The first-order valence-corrected chi connectivity index (χ1v) is 8.27. The van der Waals surface area contributed by atoms with Crippen molar-refractivity contribution in [2.24, 2.45) is 0 Å². The van der Waals surface area contributed by atoms with E-state index in [1.165, 1.54) is 5.56 Å². The summed E-state index contributed by atoms with van der Waals surface area (Å²) in [5, 5.41) is 4.70. The molecule has 0 spiro atoms. The smallest absolute Gasteiger partial charge is 0.322 e. The molecule has 0 radical (unpaired) electrons. The molecule has 1 unspecified atom stereocenters. The molecule has 7 nitrogen and oxygen atoms in total. The molecule has 24 heavy (non-hydrogen) atoms. The highest BCUT2D eigenvalue weighted by Crippen LogP contribution is 2.11. The molecule has 1 aromatic carbocycles. The van der Waals surface area contributed by atoms with Gasteiger partial charge in [0, 0.05) is 39.1 Å². The van der Waals surface area contributed by atoms with Gasteiger partial charge in [0.2, 0.25) is 5.91 Å². The Morgan fingerprint density at radius 2 is 1.79 bits per heavy atom. The molecule has 2 aliphatic heterocycles. The zero-order chi connectivity index (χ0) is 16.9. The van der Waals surface area contributed by atoms with Crippen molar-refractivity contribution in [1.29, 1.82) is 0 Å². The number of piperazine rings is 1. The van der Waals surface area contributed by atoms with Crippen LogP contribution in [0.3, 0.4) is 0 Å². The van der Waals surface area contributed by atoms with Crippen LogP contribution in [0.1, 0.15) is 18.4 Å². The molecule has 1 aromatic rings. The Morgan fingerprint density at radius 3 is 2.42 bits per heavy atom. The maximum atomic E-state index is 12.3. The van der Waals surface area contributed by atoms with Gasteiger partial charge in [-0.3, -0.25) is 19.8 Å². The van der Waals surface area contributed by atoms with Crippen LogP contribution in [0.5, 0.6) is 0 Å². The number of amides is 4. The second kappa shape index (κ2) is 7.44. The van der Waals surface area contributed by atoms with E-state index in [0.717, 1.165) is 19.6 Å². The molecule has 128 valence electrons. The van der Waals surface area contributed by atoms with Gasteiger partial charge in [-0.1, -0.05) is 30.3 Å². The highest BCUT2D eigenvalue weighted by molar-refractivity contribution is 6.04. The standard InChI is InChI=1S/C17H22N4O3/c22-15(7-6-14-16(23)19-17(24)18-14)21-10-8-20(9-11-21)12-13-4-2-1-3-5-13/h1-5,14H,6-12H2,(H2,18,19,23,24). The van der Waals surface area contributed by atoms with Crippen LogP contribution in [0, 0.1) is 0 Å². The monoisotopic (exact) mass is 330 g/mol. The summed E-state index contributed by atoms with van der Waals surface area (Å²) in [6.45, 7) is 4.00. The third-order valence-electron chi connectivity index (χ3n) is 4.48. The van der Waals surface area contributed by atoms with E-state index in [2.05, 4.69) is 27.7 Å². The van der Waals surface area contributed by atoms with E-state index in [1.54, 1.807) is 0 Å². The molecular weight excluding hydrogens is 308 g/mol. The zero-order valence-corrected chi connectivity index (χ0v) is 13.5. The minimum Gasteiger partial charge on any atom is -0.340 e. The van der Waals surface area contributed by atoms with Gasteiger partial charge in [-0.15, -0.1) is 0 Å². The minimum absolute atomic E-state index is 0.0447. The van der Waals surface area contributed by atoms with Crippen LogP contribution in [0.2, 0.25) is 0 Å². The second-order valence-electron chi connectivity index (χ2n) is 6.20. The maximum absolute atomic E-state index is 12.3. The Labute approximate surface area is 141 Å². The van der Waals surface area contributed by atoms with Gasteiger partial charge in [-0.2, -0.15) is 0 Å². The average molecular weight is 330 g/mol. The molecule has 0 aliphatic carbocycles. The first kappa shape index (κ1) is 16.4. The molecule has 2 N–H and O–H groups in total. The normalized spacial score (nSPS) is 21.5. The molecule has 0 bridgehead atoms. The van der Waals surface area contributed by atoms with Gasteiger partial charge in [-0.05, 0) is 12.0 Å². The molecule has 0 saturated carbocycles. The van der Waals surface area contributed by atoms with Gasteiger partial charge in [0.15, 0.2) is 0 Å². The Morgan fingerprint density at radius 1 is 1.08 bits per heavy atom. The molecule has 0 aromatic heterocycles. The molecule has 2 aliphatic rings. The summed E-state index contributed by atoms with van der Waals surface area (Å²) in [5.74, 6) is -0.302. The predicted octanol–water partition coefficient (Wildman–Crippen LogP) is 0.319. The number of nitrogens with zero attached hydrogens (tertiary/aromatic N) is 2. The Balaban J connectivity index is 1.40. The Kier molecular flexibility index (Phi) is 5.10. The minimum atomic E-state index is -0.583. The summed E-state index contributed by atoms with van der Waals surface area (Å²) < 4.78 is 0. The fourth-order valence-electron chi connectivity index (χ4n) is 3.09. The van der Waals surface area contributed by atoms with E-state index in [-0.39, 0.29) is 18.2 Å². The van der Waals surface area contributed by atoms with Crippen molar-refractivity contribution >= 4 is 17.8 Å². The SMILES string of the molecule is O=C1NC(=O)C(CCC(=O)N2CCN(Cc3ccccc3)CC2)N1. The summed E-state index contributed by atoms with van der Waals surface area (Å²) in [7, 11) is 0. The summed E-state index contributed by atoms with van der Waals surface area (Å²) in [6, 6.07) is 9.23. The van der Waals surface area contributed by atoms with E-state index in [9.17, 15) is 14.4 Å². The fourth-order valence-corrected chi connectivity index (χ4v) is 3.09. The lowest BCUT2D eigenvalue weighted by atomic mass is 10.1. The molecule has 3 rings (SSSR count). The maximum Gasteiger partial charge on any atom is 0.322 e. The van der Waals surface area contributed by atoms with Crippen LogP contribution in [0.15, 0.2) is 30.3 Å². The summed E-state index contributed by atoms with van der Waals surface area (Å²) >= 11 is 0. The molecule has 1 atom stereocenters. The highest BCUT2D eigenvalue weighted by atomic mass is 16.2. The van der Waals surface area contributed by atoms with Crippen LogP contribution in [0.25, 0.3) is 0 Å². The van der Waals surface area contributed by atoms with E-state index in [4.69, 9.17) is 0 Å². The van der Waals surface area contributed by atoms with Crippen molar-refractivity contribution in [1.82, 2.24) is 20.4 Å². The van der Waals surface area contributed by atoms with Crippen LogP contribution in [-0.4, -0.2) is 59.9 Å². The van der Waals surface area contributed by atoms with Crippen LogP contribution in [0.4, 0.5) is 4.79 Å². The molecule has 7 heteroatoms. The van der Waals surface area contributed by atoms with Crippen LogP contribution in [-0.2, 0) is 16.1 Å². The van der Waals surface area contributed by atoms with Gasteiger partial charge in [0.05, 0.1) is 0 Å². The van der Waals surface area contributed by atoms with Crippen molar-refractivity contribution < 1.29 is 14.4 Å². The molecular formula is C17H22N4O3. The van der Waals surface area contributed by atoms with Crippen LogP contribution >= 0.6 is 0 Å². The van der Waals surface area contributed by atoms with Gasteiger partial charge in [-0.25, -0.2) is 4.79 Å². The summed E-state index contributed by atoms with van der Waals surface area (Å²) in [4.78, 5) is 39.0. The van der Waals surface area contributed by atoms with Crippen molar-refractivity contribution in [2.75, 3.05) is 26.2 Å². The third-order valence-corrected chi connectivity index (χ3v) is 4.48.